The summed E-state index contributed by atoms with van der Waals surface area (Å²) < 4.78 is 19.3. The largest absolute Gasteiger partial charge is 0.811 e. The average Bonchev–Trinajstić information content (AvgIpc) is 3.68. The summed E-state index contributed by atoms with van der Waals surface area (Å²) in [6.07, 6.45) is 12.2. The van der Waals surface area contributed by atoms with Crippen molar-refractivity contribution < 1.29 is 28.9 Å². The van der Waals surface area contributed by atoms with Crippen molar-refractivity contribution in [3.63, 3.8) is 0 Å². The minimum Gasteiger partial charge on any atom is -0.811 e. The third-order valence-electron chi connectivity index (χ3n) is 12.6. The highest BCUT2D eigenvalue weighted by Gasteiger charge is 2.46. The van der Waals surface area contributed by atoms with Crippen molar-refractivity contribution in [2.24, 2.45) is 9.98 Å². The van der Waals surface area contributed by atoms with Crippen LogP contribution in [0, 0.1) is 6.92 Å². The number of hydrogen-bond donors (Lipinski definition) is 3. The highest BCUT2D eigenvalue weighted by Crippen LogP contribution is 2.45. The van der Waals surface area contributed by atoms with Crippen LogP contribution < -0.4 is 30.8 Å². The SMILES string of the molecule is C1CCC2=NCCC[NH+]2CC1.C1CCC2=NCCC[NH+]2CC1.Cc1cn([C@H]2CN(C(c3ccccc3)(c3ccccc3)c3ccccc3)C[C@@H](CP(=O)([O-])[O-])O2)c(=O)[nH]c1=O. The molecule has 0 spiro atoms. The zero-order chi connectivity index (χ0) is 42.7. The number of aromatic amines is 1. The number of hydrogen-bond acceptors (Lipinski definition) is 9. The molecule has 0 radical (unpaired) electrons. The highest BCUT2D eigenvalue weighted by molar-refractivity contribution is 7.48. The predicted octanol–water partition coefficient (Wildman–Crippen LogP) is 2.45. The first kappa shape index (κ1) is 44.7. The van der Waals surface area contributed by atoms with E-state index >= 15 is 0 Å². The number of H-pyrrole nitrogens is 1. The van der Waals surface area contributed by atoms with Gasteiger partial charge in [0.2, 0.25) is 0 Å². The Bertz CT molecular complexity index is 2110. The van der Waals surface area contributed by atoms with Gasteiger partial charge in [-0.25, -0.2) is 14.8 Å². The predicted molar refractivity (Wildman–Crippen MR) is 235 cm³/mol. The number of fused-ring (bicyclic) bond motifs is 2. The molecule has 14 heteroatoms. The molecular formula is C47H62N7O6P. The van der Waals surface area contributed by atoms with E-state index in [9.17, 15) is 23.9 Å². The van der Waals surface area contributed by atoms with Crippen molar-refractivity contribution in [3.05, 3.63) is 140 Å². The molecule has 0 aliphatic carbocycles. The van der Waals surface area contributed by atoms with E-state index in [4.69, 9.17) is 4.74 Å². The number of aliphatic imine (C=N–C) groups is 2. The normalized spacial score (nSPS) is 23.5. The lowest BCUT2D eigenvalue weighted by atomic mass is 9.75. The Kier molecular flexibility index (Phi) is 15.5. The lowest BCUT2D eigenvalue weighted by Gasteiger charge is -2.51. The van der Waals surface area contributed by atoms with E-state index in [0.29, 0.717) is 5.56 Å². The van der Waals surface area contributed by atoms with E-state index in [1.54, 1.807) is 16.7 Å². The van der Waals surface area contributed by atoms with Gasteiger partial charge in [-0.05, 0) is 62.1 Å². The van der Waals surface area contributed by atoms with Crippen LogP contribution in [0.1, 0.15) is 92.7 Å². The van der Waals surface area contributed by atoms with Gasteiger partial charge in [-0.2, -0.15) is 0 Å². The summed E-state index contributed by atoms with van der Waals surface area (Å²) in [4.78, 5) is 65.7. The fourth-order valence-electron chi connectivity index (χ4n) is 9.67. The zero-order valence-electron chi connectivity index (χ0n) is 35.5. The smallest absolute Gasteiger partial charge is 0.330 e. The summed E-state index contributed by atoms with van der Waals surface area (Å²) >= 11 is 0. The van der Waals surface area contributed by atoms with Gasteiger partial charge in [0.25, 0.3) is 5.56 Å². The fourth-order valence-corrected chi connectivity index (χ4v) is 10.4. The molecule has 9 rings (SSSR count). The summed E-state index contributed by atoms with van der Waals surface area (Å²) in [5.41, 5.74) is 0.911. The van der Waals surface area contributed by atoms with Crippen molar-refractivity contribution in [2.75, 3.05) is 58.5 Å². The maximum Gasteiger partial charge on any atom is 0.330 e. The number of ether oxygens (including phenoxy) is 1. The molecule has 2 unspecified atom stereocenters. The molecule has 61 heavy (non-hydrogen) atoms. The van der Waals surface area contributed by atoms with Gasteiger partial charge in [-0.3, -0.25) is 29.0 Å². The molecule has 4 aromatic rings. The molecule has 3 saturated heterocycles. The van der Waals surface area contributed by atoms with Crippen LogP contribution >= 0.6 is 7.60 Å². The lowest BCUT2D eigenvalue weighted by Crippen LogP contribution is -3.15. The molecule has 326 valence electrons. The number of morpholine rings is 1. The maximum atomic E-state index is 12.9. The van der Waals surface area contributed by atoms with Gasteiger partial charge in [0, 0.05) is 69.8 Å². The second kappa shape index (κ2) is 21.2. The first-order valence-electron chi connectivity index (χ1n) is 22.3. The Balaban J connectivity index is 0.000000204. The second-order valence-electron chi connectivity index (χ2n) is 16.9. The Hall–Kier alpha value is -4.33. The standard InChI is InChI=1S/C29H30N3O6P.2C9H16N2/c1-21-17-32(28(34)30-27(21)33)26-19-31(18-25(38-26)20-39(35,36)37)29(22-11-5-2-6-12-22,23-13-7-3-8-14-23)24-15-9-4-10-16-24;2*1-2-5-9-10-6-4-8-11(9)7-3-1/h2-17,25-26H,18-20H2,1H3,(H,30,33,34)(H2,35,36,37);2*1-8H2/t25-,26+;;/m0../s1. The highest BCUT2D eigenvalue weighted by atomic mass is 31.2. The Labute approximate surface area is 359 Å². The minimum absolute atomic E-state index is 0.0980. The molecule has 3 fully saturated rings. The van der Waals surface area contributed by atoms with Crippen molar-refractivity contribution in [1.29, 1.82) is 0 Å². The topological polar surface area (TPSA) is 164 Å². The number of nitrogens with zero attached hydrogens (tertiary/aromatic N) is 4. The molecule has 3 aromatic carbocycles. The van der Waals surface area contributed by atoms with Crippen molar-refractivity contribution in [2.45, 2.75) is 89.0 Å². The monoisotopic (exact) mass is 851 g/mol. The van der Waals surface area contributed by atoms with E-state index in [1.807, 2.05) is 91.0 Å². The molecule has 13 nitrogen and oxygen atoms in total. The van der Waals surface area contributed by atoms with E-state index in [2.05, 4.69) is 19.9 Å². The number of aromatic nitrogens is 2. The van der Waals surface area contributed by atoms with E-state index in [1.165, 1.54) is 113 Å². The lowest BCUT2D eigenvalue weighted by molar-refractivity contribution is -0.809. The molecule has 3 N–H and O–H groups in total. The average molecular weight is 852 g/mol. The summed E-state index contributed by atoms with van der Waals surface area (Å²) in [6, 6.07) is 29.4. The van der Waals surface area contributed by atoms with Gasteiger partial charge in [0.05, 0.1) is 37.8 Å². The van der Waals surface area contributed by atoms with Gasteiger partial charge in [-0.15, -0.1) is 0 Å². The van der Waals surface area contributed by atoms with Crippen LogP contribution in [-0.2, 0) is 14.8 Å². The number of quaternary nitrogens is 2. The van der Waals surface area contributed by atoms with Crippen LogP contribution in [0.25, 0.3) is 0 Å². The third-order valence-corrected chi connectivity index (χ3v) is 13.4. The molecule has 0 amide bonds. The number of rotatable bonds is 7. The Morgan fingerprint density at radius 2 is 1.18 bits per heavy atom. The molecule has 5 aliphatic heterocycles. The van der Waals surface area contributed by atoms with Crippen LogP contribution in [0.2, 0.25) is 0 Å². The number of amidine groups is 2. The van der Waals surface area contributed by atoms with Crippen LogP contribution in [0.5, 0.6) is 0 Å². The number of benzene rings is 3. The quantitative estimate of drug-likeness (QED) is 0.190. The van der Waals surface area contributed by atoms with Gasteiger partial charge in [0.1, 0.15) is 0 Å². The molecule has 5 aliphatic rings. The van der Waals surface area contributed by atoms with Crippen LogP contribution in [-0.4, -0.2) is 90.7 Å². The van der Waals surface area contributed by atoms with Crippen molar-refractivity contribution >= 4 is 19.3 Å². The Morgan fingerprint density at radius 1 is 0.705 bits per heavy atom. The minimum atomic E-state index is -4.97. The molecule has 0 bridgehead atoms. The molecule has 4 atom stereocenters. The van der Waals surface area contributed by atoms with E-state index < -0.39 is 42.9 Å². The van der Waals surface area contributed by atoms with Crippen LogP contribution in [0.3, 0.4) is 0 Å². The summed E-state index contributed by atoms with van der Waals surface area (Å²) in [5.74, 6) is 2.96. The van der Waals surface area contributed by atoms with Gasteiger partial charge in [0.15, 0.2) is 17.9 Å². The summed E-state index contributed by atoms with van der Waals surface area (Å²) in [6.45, 7) is 9.40. The van der Waals surface area contributed by atoms with Crippen molar-refractivity contribution in [3.8, 4) is 0 Å². The van der Waals surface area contributed by atoms with Gasteiger partial charge < -0.3 is 19.1 Å². The maximum absolute atomic E-state index is 12.9. The van der Waals surface area contributed by atoms with Gasteiger partial charge >= 0.3 is 5.69 Å². The molecule has 0 saturated carbocycles. The second-order valence-corrected chi connectivity index (χ2v) is 18.5. The number of aryl methyl sites for hydroxylation is 1. The van der Waals surface area contributed by atoms with E-state index in [-0.39, 0.29) is 13.1 Å². The van der Waals surface area contributed by atoms with E-state index in [0.717, 1.165) is 29.8 Å². The first-order valence-corrected chi connectivity index (χ1v) is 24.0. The number of nitrogens with one attached hydrogen (secondary N) is 3. The molecule has 6 heterocycles. The molecular weight excluding hydrogens is 790 g/mol. The summed E-state index contributed by atoms with van der Waals surface area (Å²) in [5, 5.41) is 0. The Morgan fingerprint density at radius 3 is 1.66 bits per heavy atom. The summed E-state index contributed by atoms with van der Waals surface area (Å²) in [7, 11) is -4.97. The fraction of sp³-hybridized carbons (Fsp3) is 0.489. The van der Waals surface area contributed by atoms with Crippen molar-refractivity contribution in [1.82, 2.24) is 14.5 Å². The van der Waals surface area contributed by atoms with Crippen LogP contribution in [0.15, 0.2) is 117 Å². The van der Waals surface area contributed by atoms with Crippen LogP contribution in [0.4, 0.5) is 0 Å². The first-order chi connectivity index (χ1) is 29.6. The molecule has 1 aromatic heterocycles. The van der Waals surface area contributed by atoms with Gasteiger partial charge in [-0.1, -0.05) is 98.6 Å². The third kappa shape index (κ3) is 11.4. The zero-order valence-corrected chi connectivity index (χ0v) is 36.4.